The third-order valence-electron chi connectivity index (χ3n) is 4.21. The van der Waals surface area contributed by atoms with E-state index in [1.54, 1.807) is 36.4 Å². The van der Waals surface area contributed by atoms with E-state index in [-0.39, 0.29) is 0 Å². The highest BCUT2D eigenvalue weighted by atomic mass is 16.5. The van der Waals surface area contributed by atoms with Gasteiger partial charge in [-0.15, -0.1) is 0 Å². The predicted octanol–water partition coefficient (Wildman–Crippen LogP) is 2.47. The number of carbonyl (C=O) groups is 3. The quantitative estimate of drug-likeness (QED) is 0.728. The molecule has 4 amide bonds. The number of amides is 4. The van der Waals surface area contributed by atoms with Gasteiger partial charge in [0.25, 0.3) is 5.91 Å². The van der Waals surface area contributed by atoms with Crippen LogP contribution in [0.3, 0.4) is 0 Å². The summed E-state index contributed by atoms with van der Waals surface area (Å²) in [5.74, 6) is -0.213. The number of furan rings is 1. The number of ether oxygens (including phenoxy) is 1. The van der Waals surface area contributed by atoms with Crippen LogP contribution < -0.4 is 15.4 Å². The Hall–Kier alpha value is -3.29. The predicted molar refractivity (Wildman–Crippen MR) is 97.2 cm³/mol. The van der Waals surface area contributed by atoms with Crippen molar-refractivity contribution in [2.45, 2.75) is 25.8 Å². The zero-order chi connectivity index (χ0) is 19.4. The summed E-state index contributed by atoms with van der Waals surface area (Å²) in [6.45, 7) is 3.62. The molecule has 1 aliphatic rings. The lowest BCUT2D eigenvalue weighted by Gasteiger charge is -2.19. The molecule has 1 fully saturated rings. The summed E-state index contributed by atoms with van der Waals surface area (Å²) < 4.78 is 10.9. The van der Waals surface area contributed by atoms with Gasteiger partial charge in [0.05, 0.1) is 18.6 Å². The first kappa shape index (κ1) is 18.5. The van der Waals surface area contributed by atoms with Crippen molar-refractivity contribution in [2.24, 2.45) is 0 Å². The van der Waals surface area contributed by atoms with Crippen molar-refractivity contribution in [2.75, 3.05) is 18.5 Å². The number of hydrogen-bond donors (Lipinski definition) is 2. The fourth-order valence-corrected chi connectivity index (χ4v) is 2.81. The minimum absolute atomic E-state index is 0.307. The fraction of sp³-hybridized carbons (Fsp3) is 0.316. The van der Waals surface area contributed by atoms with Crippen LogP contribution in [0.5, 0.6) is 5.75 Å². The third kappa shape index (κ3) is 3.64. The van der Waals surface area contributed by atoms with E-state index in [1.165, 1.54) is 13.2 Å². The minimum atomic E-state index is -1.33. The number of nitrogens with zero attached hydrogens (tertiary/aromatic N) is 1. The van der Waals surface area contributed by atoms with E-state index in [2.05, 4.69) is 10.6 Å². The molecule has 1 aromatic carbocycles. The standard InChI is InChI=1S/C19H21N3O5/c1-3-10-26-14-8-5-4-7-13(14)20-16(23)12-22-17(24)19(2,21-18(22)25)15-9-6-11-27-15/h4-9,11H,3,10,12H2,1-2H3,(H,20,23)(H,21,25). The number of carbonyl (C=O) groups excluding carboxylic acids is 3. The Morgan fingerprint density at radius 2 is 2.04 bits per heavy atom. The number of para-hydroxylation sites is 2. The van der Waals surface area contributed by atoms with E-state index in [0.717, 1.165) is 11.3 Å². The molecule has 3 rings (SSSR count). The summed E-state index contributed by atoms with van der Waals surface area (Å²) in [6.07, 6.45) is 2.25. The van der Waals surface area contributed by atoms with Gasteiger partial charge in [0.15, 0.2) is 5.54 Å². The molecule has 0 spiro atoms. The van der Waals surface area contributed by atoms with Crippen LogP contribution in [0.4, 0.5) is 10.5 Å². The highest BCUT2D eigenvalue weighted by Gasteiger charge is 2.51. The van der Waals surface area contributed by atoms with E-state index in [1.807, 2.05) is 6.92 Å². The molecule has 0 saturated carbocycles. The van der Waals surface area contributed by atoms with Crippen molar-refractivity contribution in [3.8, 4) is 5.75 Å². The molecule has 1 aliphatic heterocycles. The maximum atomic E-state index is 12.7. The topological polar surface area (TPSA) is 101 Å². The maximum absolute atomic E-state index is 12.7. The molecule has 1 saturated heterocycles. The monoisotopic (exact) mass is 371 g/mol. The number of rotatable bonds is 7. The van der Waals surface area contributed by atoms with E-state index in [4.69, 9.17) is 9.15 Å². The molecule has 27 heavy (non-hydrogen) atoms. The molecule has 2 aromatic rings. The summed E-state index contributed by atoms with van der Waals surface area (Å²) in [6, 6.07) is 9.58. The molecule has 0 bridgehead atoms. The third-order valence-corrected chi connectivity index (χ3v) is 4.21. The molecule has 2 heterocycles. The average Bonchev–Trinajstić information content (AvgIpc) is 3.26. The fourth-order valence-electron chi connectivity index (χ4n) is 2.81. The van der Waals surface area contributed by atoms with Crippen molar-refractivity contribution in [1.29, 1.82) is 0 Å². The van der Waals surface area contributed by atoms with Gasteiger partial charge < -0.3 is 19.8 Å². The molecule has 0 aliphatic carbocycles. The van der Waals surface area contributed by atoms with Crippen LogP contribution in [0.2, 0.25) is 0 Å². The van der Waals surface area contributed by atoms with Crippen LogP contribution in [0, 0.1) is 0 Å². The van der Waals surface area contributed by atoms with Crippen molar-refractivity contribution in [3.05, 3.63) is 48.4 Å². The molecule has 8 heteroatoms. The summed E-state index contributed by atoms with van der Waals surface area (Å²) >= 11 is 0. The number of hydrogen-bond acceptors (Lipinski definition) is 5. The van der Waals surface area contributed by atoms with Crippen LogP contribution in [0.25, 0.3) is 0 Å². The second-order valence-corrected chi connectivity index (χ2v) is 6.32. The van der Waals surface area contributed by atoms with Gasteiger partial charge in [-0.25, -0.2) is 4.79 Å². The average molecular weight is 371 g/mol. The molecule has 142 valence electrons. The van der Waals surface area contributed by atoms with Crippen molar-refractivity contribution in [3.63, 3.8) is 0 Å². The lowest BCUT2D eigenvalue weighted by molar-refractivity contribution is -0.134. The Morgan fingerprint density at radius 3 is 2.74 bits per heavy atom. The molecule has 8 nitrogen and oxygen atoms in total. The van der Waals surface area contributed by atoms with Crippen LogP contribution >= 0.6 is 0 Å². The van der Waals surface area contributed by atoms with E-state index >= 15 is 0 Å². The van der Waals surface area contributed by atoms with Crippen LogP contribution in [0.15, 0.2) is 47.1 Å². The number of nitrogens with one attached hydrogen (secondary N) is 2. The minimum Gasteiger partial charge on any atom is -0.491 e. The van der Waals surface area contributed by atoms with Gasteiger partial charge in [0, 0.05) is 0 Å². The number of imide groups is 1. The van der Waals surface area contributed by atoms with Crippen molar-refractivity contribution in [1.82, 2.24) is 10.2 Å². The Kier molecular flexibility index (Phi) is 5.16. The Morgan fingerprint density at radius 1 is 1.26 bits per heavy atom. The summed E-state index contributed by atoms with van der Waals surface area (Å²) in [5, 5.41) is 5.27. The normalized spacial score (nSPS) is 19.1. The number of anilines is 1. The van der Waals surface area contributed by atoms with Gasteiger partial charge in [-0.3, -0.25) is 14.5 Å². The van der Waals surface area contributed by atoms with Gasteiger partial charge >= 0.3 is 6.03 Å². The zero-order valence-corrected chi connectivity index (χ0v) is 15.2. The first-order valence-electron chi connectivity index (χ1n) is 8.65. The van der Waals surface area contributed by atoms with Crippen LogP contribution in [-0.2, 0) is 15.1 Å². The zero-order valence-electron chi connectivity index (χ0n) is 15.2. The van der Waals surface area contributed by atoms with Gasteiger partial charge in [0.1, 0.15) is 18.1 Å². The van der Waals surface area contributed by atoms with Crippen molar-refractivity contribution >= 4 is 23.5 Å². The Labute approximate surface area is 156 Å². The smallest absolute Gasteiger partial charge is 0.325 e. The van der Waals surface area contributed by atoms with E-state index in [9.17, 15) is 14.4 Å². The highest BCUT2D eigenvalue weighted by Crippen LogP contribution is 2.29. The molecule has 2 N–H and O–H groups in total. The van der Waals surface area contributed by atoms with Gasteiger partial charge in [-0.2, -0.15) is 0 Å². The summed E-state index contributed by atoms with van der Waals surface area (Å²) in [5.41, 5.74) is -0.847. The summed E-state index contributed by atoms with van der Waals surface area (Å²) in [4.78, 5) is 38.2. The van der Waals surface area contributed by atoms with Gasteiger partial charge in [-0.1, -0.05) is 19.1 Å². The molecule has 0 radical (unpaired) electrons. The summed E-state index contributed by atoms with van der Waals surface area (Å²) in [7, 11) is 0. The second kappa shape index (κ2) is 7.53. The number of benzene rings is 1. The van der Waals surface area contributed by atoms with E-state index in [0.29, 0.717) is 23.8 Å². The van der Waals surface area contributed by atoms with Crippen LogP contribution in [-0.4, -0.2) is 35.9 Å². The first-order chi connectivity index (χ1) is 13.0. The SMILES string of the molecule is CCCOc1ccccc1NC(=O)CN1C(=O)NC(C)(c2ccco2)C1=O. The van der Waals surface area contributed by atoms with Gasteiger partial charge in [-0.05, 0) is 37.6 Å². The van der Waals surface area contributed by atoms with Crippen LogP contribution in [0.1, 0.15) is 26.0 Å². The van der Waals surface area contributed by atoms with Crippen molar-refractivity contribution < 1.29 is 23.5 Å². The first-order valence-corrected chi connectivity index (χ1v) is 8.65. The Bertz CT molecular complexity index is 849. The van der Waals surface area contributed by atoms with E-state index < -0.39 is 29.9 Å². The molecular weight excluding hydrogens is 350 g/mol. The Balaban J connectivity index is 1.70. The second-order valence-electron chi connectivity index (χ2n) is 6.32. The lowest BCUT2D eigenvalue weighted by atomic mass is 9.99. The van der Waals surface area contributed by atoms with Gasteiger partial charge in [0.2, 0.25) is 5.91 Å². The molecule has 1 unspecified atom stereocenters. The molecule has 1 atom stereocenters. The lowest BCUT2D eigenvalue weighted by Crippen LogP contribution is -2.41. The molecular formula is C19H21N3O5. The highest BCUT2D eigenvalue weighted by molar-refractivity contribution is 6.10. The molecule has 1 aromatic heterocycles. The maximum Gasteiger partial charge on any atom is 0.325 e. The largest absolute Gasteiger partial charge is 0.491 e. The number of urea groups is 1.